The number of carbonyl (C=O) groups excluding carboxylic acids is 1. The van der Waals surface area contributed by atoms with E-state index >= 15 is 0 Å². The third-order valence-electron chi connectivity index (χ3n) is 6.85. The largest absolute Gasteiger partial charge is 0.493 e. The summed E-state index contributed by atoms with van der Waals surface area (Å²) >= 11 is 0. The molecule has 0 aliphatic heterocycles. The summed E-state index contributed by atoms with van der Waals surface area (Å²) in [5, 5.41) is 0.925. The Bertz CT molecular complexity index is 1650. The van der Waals surface area contributed by atoms with Gasteiger partial charge in [-0.25, -0.2) is 9.78 Å². The summed E-state index contributed by atoms with van der Waals surface area (Å²) in [6, 6.07) is 19.2. The fraction of sp³-hybridized carbons (Fsp3) is 0.250. The molecule has 3 aromatic carbocycles. The van der Waals surface area contributed by atoms with Crippen LogP contribution in [0.3, 0.4) is 0 Å². The molecule has 0 atom stereocenters. The number of nitrogens with zero attached hydrogens (tertiary/aromatic N) is 1. The van der Waals surface area contributed by atoms with Crippen LogP contribution in [0.1, 0.15) is 27.5 Å². The summed E-state index contributed by atoms with van der Waals surface area (Å²) in [6.45, 7) is 0.162. The van der Waals surface area contributed by atoms with Crippen LogP contribution < -0.4 is 18.9 Å². The maximum Gasteiger partial charge on any atom is 0.361 e. The molecule has 41 heavy (non-hydrogen) atoms. The molecule has 9 nitrogen and oxygen atoms in total. The molecule has 0 saturated heterocycles. The molecule has 212 valence electrons. The zero-order valence-corrected chi connectivity index (χ0v) is 23.5. The number of rotatable bonds is 12. The summed E-state index contributed by atoms with van der Waals surface area (Å²) in [6.07, 6.45) is 3.42. The van der Waals surface area contributed by atoms with Crippen molar-refractivity contribution in [2.24, 2.45) is 0 Å². The van der Waals surface area contributed by atoms with Crippen LogP contribution in [0, 0.1) is 0 Å². The lowest BCUT2D eigenvalue weighted by atomic mass is 10.1. The van der Waals surface area contributed by atoms with Crippen LogP contribution in [-0.4, -0.2) is 51.0 Å². The molecule has 0 spiro atoms. The van der Waals surface area contributed by atoms with E-state index in [0.29, 0.717) is 53.9 Å². The summed E-state index contributed by atoms with van der Waals surface area (Å²) in [4.78, 5) is 21.2. The third kappa shape index (κ3) is 5.99. The second-order valence-electron chi connectivity index (χ2n) is 9.30. The van der Waals surface area contributed by atoms with Crippen LogP contribution >= 0.6 is 0 Å². The number of ether oxygens (including phenoxy) is 5. The predicted molar refractivity (Wildman–Crippen MR) is 154 cm³/mol. The molecule has 0 aliphatic rings. The lowest BCUT2D eigenvalue weighted by molar-refractivity contribution is 0.0503. The normalized spacial score (nSPS) is 10.9. The molecule has 5 rings (SSSR count). The number of aryl methyl sites for hydroxylation is 2. The van der Waals surface area contributed by atoms with Crippen LogP contribution in [-0.2, 0) is 24.0 Å². The number of hydrogen-bond acceptors (Lipinski definition) is 8. The van der Waals surface area contributed by atoms with E-state index in [1.807, 2.05) is 66.9 Å². The lowest BCUT2D eigenvalue weighted by Gasteiger charge is -2.09. The molecular weight excluding hydrogens is 524 g/mol. The topological polar surface area (TPSA) is 105 Å². The van der Waals surface area contributed by atoms with Gasteiger partial charge in [0, 0.05) is 35.5 Å². The first-order valence-electron chi connectivity index (χ1n) is 13.2. The van der Waals surface area contributed by atoms with Gasteiger partial charge in [-0.2, -0.15) is 0 Å². The van der Waals surface area contributed by atoms with Gasteiger partial charge in [0.25, 0.3) is 0 Å². The van der Waals surface area contributed by atoms with Crippen LogP contribution in [0.25, 0.3) is 22.2 Å². The van der Waals surface area contributed by atoms with Crippen molar-refractivity contribution >= 4 is 16.9 Å². The van der Waals surface area contributed by atoms with Crippen molar-refractivity contribution in [2.75, 3.05) is 35.0 Å². The first-order chi connectivity index (χ1) is 20.0. The van der Waals surface area contributed by atoms with Gasteiger partial charge in [0.1, 0.15) is 0 Å². The van der Waals surface area contributed by atoms with Crippen molar-refractivity contribution in [1.29, 1.82) is 0 Å². The van der Waals surface area contributed by atoms with Gasteiger partial charge in [-0.3, -0.25) is 0 Å². The SMILES string of the molecule is COc1ccc(CCOC(=O)c2nc(CCc3ccc(OC)c(OC)c3)oc2-c2c[nH]c3ccccc23)cc1OC. The number of oxazole rings is 1. The molecule has 9 heteroatoms. The highest BCUT2D eigenvalue weighted by Gasteiger charge is 2.25. The van der Waals surface area contributed by atoms with Gasteiger partial charge in [0.05, 0.1) is 35.0 Å². The number of para-hydroxylation sites is 1. The number of H-pyrrole nitrogens is 1. The first kappa shape index (κ1) is 27.6. The minimum Gasteiger partial charge on any atom is -0.493 e. The van der Waals surface area contributed by atoms with Crippen LogP contribution in [0.15, 0.2) is 71.3 Å². The molecule has 0 fully saturated rings. The maximum atomic E-state index is 13.3. The zero-order valence-electron chi connectivity index (χ0n) is 23.5. The number of aromatic nitrogens is 2. The molecule has 0 radical (unpaired) electrons. The van der Waals surface area contributed by atoms with Crippen molar-refractivity contribution in [3.63, 3.8) is 0 Å². The highest BCUT2D eigenvalue weighted by atomic mass is 16.5. The molecule has 2 aromatic heterocycles. The van der Waals surface area contributed by atoms with E-state index in [2.05, 4.69) is 9.97 Å². The van der Waals surface area contributed by atoms with E-state index in [-0.39, 0.29) is 12.3 Å². The Hall–Kier alpha value is -4.92. The van der Waals surface area contributed by atoms with E-state index in [9.17, 15) is 4.79 Å². The van der Waals surface area contributed by atoms with Crippen molar-refractivity contribution in [3.05, 3.63) is 89.6 Å². The van der Waals surface area contributed by atoms with E-state index in [0.717, 1.165) is 27.6 Å². The van der Waals surface area contributed by atoms with Crippen molar-refractivity contribution in [2.45, 2.75) is 19.3 Å². The van der Waals surface area contributed by atoms with Crippen LogP contribution in [0.2, 0.25) is 0 Å². The van der Waals surface area contributed by atoms with Crippen LogP contribution in [0.4, 0.5) is 0 Å². The molecule has 0 bridgehead atoms. The summed E-state index contributed by atoms with van der Waals surface area (Å²) in [5.41, 5.74) is 3.79. The standard InChI is InChI=1S/C32H32N2O7/c1-36-25-12-9-20(17-27(25)38-3)11-14-29-34-30(31(41-29)23-19-33-24-8-6-5-7-22(23)24)32(35)40-16-15-21-10-13-26(37-2)28(18-21)39-4/h5-10,12-13,17-19,33H,11,14-16H2,1-4H3. The zero-order chi connectivity index (χ0) is 28.8. The number of carbonyl (C=O) groups is 1. The van der Waals surface area contributed by atoms with Crippen LogP contribution in [0.5, 0.6) is 23.0 Å². The van der Waals surface area contributed by atoms with Gasteiger partial charge in [0.15, 0.2) is 40.3 Å². The average molecular weight is 557 g/mol. The number of fused-ring (bicyclic) bond motifs is 1. The Morgan fingerprint density at radius 2 is 1.41 bits per heavy atom. The van der Waals surface area contributed by atoms with Crippen molar-refractivity contribution < 1.29 is 32.9 Å². The van der Waals surface area contributed by atoms with E-state index in [1.54, 1.807) is 28.4 Å². The first-order valence-corrected chi connectivity index (χ1v) is 13.2. The summed E-state index contributed by atoms with van der Waals surface area (Å²) < 4.78 is 33.3. The highest BCUT2D eigenvalue weighted by Crippen LogP contribution is 2.33. The van der Waals surface area contributed by atoms with E-state index in [1.165, 1.54) is 0 Å². The lowest BCUT2D eigenvalue weighted by Crippen LogP contribution is -2.10. The number of methoxy groups -OCH3 is 4. The quantitative estimate of drug-likeness (QED) is 0.185. The smallest absolute Gasteiger partial charge is 0.361 e. The number of benzene rings is 3. The predicted octanol–water partition coefficient (Wildman–Crippen LogP) is 6.04. The fourth-order valence-corrected chi connectivity index (χ4v) is 4.71. The average Bonchev–Trinajstić information content (AvgIpc) is 3.64. The Morgan fingerprint density at radius 3 is 2.07 bits per heavy atom. The molecule has 0 amide bonds. The molecule has 0 aliphatic carbocycles. The van der Waals surface area contributed by atoms with Gasteiger partial charge in [-0.1, -0.05) is 30.3 Å². The number of nitrogens with one attached hydrogen (secondary N) is 1. The number of hydrogen-bond donors (Lipinski definition) is 1. The second kappa shape index (κ2) is 12.5. The van der Waals surface area contributed by atoms with Crippen molar-refractivity contribution in [1.82, 2.24) is 9.97 Å². The molecule has 0 saturated carbocycles. The van der Waals surface area contributed by atoms with Gasteiger partial charge in [-0.05, 0) is 47.9 Å². The van der Waals surface area contributed by atoms with Gasteiger partial charge < -0.3 is 33.1 Å². The fourth-order valence-electron chi connectivity index (χ4n) is 4.71. The molecule has 5 aromatic rings. The minimum absolute atomic E-state index is 0.143. The van der Waals surface area contributed by atoms with Gasteiger partial charge in [0.2, 0.25) is 0 Å². The van der Waals surface area contributed by atoms with E-state index < -0.39 is 5.97 Å². The summed E-state index contributed by atoms with van der Waals surface area (Å²) in [5.74, 6) is 2.83. The molecule has 0 unspecified atom stereocenters. The molecule has 1 N–H and O–H groups in total. The number of aromatic amines is 1. The Labute approximate surface area is 238 Å². The minimum atomic E-state index is -0.549. The van der Waals surface area contributed by atoms with Gasteiger partial charge >= 0.3 is 5.97 Å². The third-order valence-corrected chi connectivity index (χ3v) is 6.85. The van der Waals surface area contributed by atoms with Crippen molar-refractivity contribution in [3.8, 4) is 34.3 Å². The number of esters is 1. The molecule has 2 heterocycles. The highest BCUT2D eigenvalue weighted by molar-refractivity contribution is 6.01. The second-order valence-corrected chi connectivity index (χ2v) is 9.30. The maximum absolute atomic E-state index is 13.3. The Kier molecular flexibility index (Phi) is 8.43. The molecular formula is C32H32N2O7. The Morgan fingerprint density at radius 1 is 0.780 bits per heavy atom. The van der Waals surface area contributed by atoms with Gasteiger partial charge in [-0.15, -0.1) is 0 Å². The summed E-state index contributed by atoms with van der Waals surface area (Å²) in [7, 11) is 6.38. The van der Waals surface area contributed by atoms with E-state index in [4.69, 9.17) is 28.1 Å². The Balaban J connectivity index is 1.37. The monoisotopic (exact) mass is 556 g/mol.